The summed E-state index contributed by atoms with van der Waals surface area (Å²) in [6.45, 7) is 3.57. The Hall–Kier alpha value is -1.18. The van der Waals surface area contributed by atoms with E-state index in [0.29, 0.717) is 0 Å². The first kappa shape index (κ1) is 23.8. The van der Waals surface area contributed by atoms with Gasteiger partial charge in [-0.1, -0.05) is 18.3 Å². The number of hydrogen-bond acceptors (Lipinski definition) is 4. The molecule has 0 saturated heterocycles. The van der Waals surface area contributed by atoms with Crippen molar-refractivity contribution in [2.75, 3.05) is 12.4 Å². The summed E-state index contributed by atoms with van der Waals surface area (Å²) in [4.78, 5) is 10.9. The van der Waals surface area contributed by atoms with Crippen molar-refractivity contribution in [1.29, 1.82) is 0 Å². The van der Waals surface area contributed by atoms with Crippen LogP contribution in [-0.4, -0.2) is 48.1 Å². The minimum Gasteiger partial charge on any atom is -0.461 e. The van der Waals surface area contributed by atoms with E-state index >= 15 is 0 Å². The van der Waals surface area contributed by atoms with Crippen molar-refractivity contribution in [1.82, 2.24) is 0 Å². The lowest BCUT2D eigenvalue weighted by molar-refractivity contribution is -0.446. The summed E-state index contributed by atoms with van der Waals surface area (Å²) in [5.74, 6) is -8.81. The Morgan fingerprint density at radius 3 is 1.96 bits per heavy atom. The quantitative estimate of drug-likeness (QED) is 0.241. The molecule has 0 aliphatic carbocycles. The molecule has 0 aliphatic heterocycles. The van der Waals surface area contributed by atoms with Gasteiger partial charge in [-0.3, -0.25) is 4.74 Å². The number of carbonyl (C=O) groups excluding carboxylic acids is 1. The average molecular weight is 412 g/mol. The summed E-state index contributed by atoms with van der Waals surface area (Å²) in [5, 5.41) is -4.93. The molecule has 0 saturated carbocycles. The van der Waals surface area contributed by atoms with Crippen molar-refractivity contribution in [2.24, 2.45) is 0 Å². The van der Waals surface area contributed by atoms with Crippen LogP contribution in [-0.2, 0) is 14.3 Å². The van der Waals surface area contributed by atoms with E-state index in [1.54, 1.807) is 0 Å². The summed E-state index contributed by atoms with van der Waals surface area (Å²) >= 11 is -0.800. The summed E-state index contributed by atoms with van der Waals surface area (Å²) in [7, 11) is 0. The van der Waals surface area contributed by atoms with E-state index in [4.69, 9.17) is 0 Å². The first-order valence-corrected chi connectivity index (χ1v) is 6.93. The Morgan fingerprint density at radius 2 is 1.56 bits per heavy atom. The molecule has 25 heavy (non-hydrogen) atoms. The Morgan fingerprint density at radius 1 is 1.08 bits per heavy atom. The summed E-state index contributed by atoms with van der Waals surface area (Å²) in [5.41, 5.74) is -0.113. The standard InChI is InChI=1S/C11H10F10O3S/c1-5(2)6(22)23-3-4-25-8(13,14)7(12)24-11(20,21)9(15,16)10(17,18)19/h7H,1,3-4H2,2H3. The van der Waals surface area contributed by atoms with Gasteiger partial charge in [-0.15, -0.1) is 0 Å². The maximum absolute atomic E-state index is 13.2. The monoisotopic (exact) mass is 412 g/mol. The molecule has 0 radical (unpaired) electrons. The van der Waals surface area contributed by atoms with Crippen molar-refractivity contribution < 1.29 is 58.2 Å². The normalized spacial score (nSPS) is 15.0. The molecule has 0 aromatic carbocycles. The van der Waals surface area contributed by atoms with Crippen LogP contribution in [0.5, 0.6) is 0 Å². The van der Waals surface area contributed by atoms with Crippen LogP contribution in [0.1, 0.15) is 6.92 Å². The van der Waals surface area contributed by atoms with E-state index in [9.17, 15) is 48.7 Å². The fourth-order valence-electron chi connectivity index (χ4n) is 0.938. The lowest BCUT2D eigenvalue weighted by Gasteiger charge is -2.30. The summed E-state index contributed by atoms with van der Waals surface area (Å²) in [6.07, 6.45) is -18.0. The third-order valence-corrected chi connectivity index (χ3v) is 3.14. The van der Waals surface area contributed by atoms with Gasteiger partial charge in [0.15, 0.2) is 0 Å². The minimum atomic E-state index is -6.90. The van der Waals surface area contributed by atoms with Crippen LogP contribution in [0.3, 0.4) is 0 Å². The van der Waals surface area contributed by atoms with Gasteiger partial charge < -0.3 is 4.74 Å². The summed E-state index contributed by atoms with van der Waals surface area (Å²) in [6, 6.07) is 0. The number of carbonyl (C=O) groups is 1. The van der Waals surface area contributed by atoms with Gasteiger partial charge in [-0.05, 0) is 6.92 Å². The second kappa shape index (κ2) is 8.01. The SMILES string of the molecule is C=C(C)C(=O)OCCSC(F)(F)C(F)OC(F)(F)C(F)(F)C(F)(F)F. The van der Waals surface area contributed by atoms with Gasteiger partial charge in [0.05, 0.1) is 0 Å². The molecular formula is C11H10F10O3S. The number of rotatable bonds is 9. The molecule has 0 aliphatic rings. The van der Waals surface area contributed by atoms with Crippen LogP contribution in [0.2, 0.25) is 0 Å². The maximum Gasteiger partial charge on any atom is 0.462 e. The van der Waals surface area contributed by atoms with E-state index < -0.39 is 59.9 Å². The van der Waals surface area contributed by atoms with Crippen molar-refractivity contribution in [3.8, 4) is 0 Å². The molecule has 3 nitrogen and oxygen atoms in total. The average Bonchev–Trinajstić information content (AvgIpc) is 2.41. The van der Waals surface area contributed by atoms with Crippen LogP contribution in [0.25, 0.3) is 0 Å². The third kappa shape index (κ3) is 6.24. The van der Waals surface area contributed by atoms with E-state index in [1.165, 1.54) is 6.92 Å². The van der Waals surface area contributed by atoms with Gasteiger partial charge in [0.2, 0.25) is 0 Å². The minimum absolute atomic E-state index is 0.113. The van der Waals surface area contributed by atoms with Crippen molar-refractivity contribution in [2.45, 2.75) is 36.7 Å². The lowest BCUT2D eigenvalue weighted by atomic mass is 10.3. The predicted octanol–water partition coefficient (Wildman–Crippen LogP) is 4.53. The Kier molecular flexibility index (Phi) is 7.64. The number of esters is 1. The van der Waals surface area contributed by atoms with Crippen LogP contribution < -0.4 is 0 Å². The van der Waals surface area contributed by atoms with Gasteiger partial charge in [0.1, 0.15) is 6.61 Å². The smallest absolute Gasteiger partial charge is 0.461 e. The Bertz CT molecular complexity index is 491. The van der Waals surface area contributed by atoms with Crippen LogP contribution in [0, 0.1) is 0 Å². The summed E-state index contributed by atoms with van der Waals surface area (Å²) < 4.78 is 132. The van der Waals surface area contributed by atoms with Crippen LogP contribution in [0.15, 0.2) is 12.2 Å². The highest BCUT2D eigenvalue weighted by Crippen LogP contribution is 2.49. The molecule has 1 atom stereocenters. The highest BCUT2D eigenvalue weighted by molar-refractivity contribution is 8.00. The molecule has 0 aromatic heterocycles. The second-order valence-corrected chi connectivity index (χ2v) is 5.59. The molecule has 0 fully saturated rings. The highest BCUT2D eigenvalue weighted by Gasteiger charge is 2.75. The van der Waals surface area contributed by atoms with Gasteiger partial charge >= 0.3 is 29.4 Å². The second-order valence-electron chi connectivity index (χ2n) is 4.35. The number of halogens is 10. The molecule has 148 valence electrons. The number of hydrogen-bond donors (Lipinski definition) is 0. The number of alkyl halides is 10. The molecule has 0 bridgehead atoms. The van der Waals surface area contributed by atoms with Crippen molar-refractivity contribution in [3.05, 3.63) is 12.2 Å². The molecule has 0 amide bonds. The fourth-order valence-corrected chi connectivity index (χ4v) is 1.56. The highest BCUT2D eigenvalue weighted by atomic mass is 32.2. The Labute approximate surface area is 138 Å². The zero-order chi connectivity index (χ0) is 20.3. The zero-order valence-electron chi connectivity index (χ0n) is 12.1. The van der Waals surface area contributed by atoms with Crippen LogP contribution >= 0.6 is 11.8 Å². The van der Waals surface area contributed by atoms with E-state index in [0.717, 1.165) is 0 Å². The molecule has 0 heterocycles. The molecule has 0 aromatic rings. The number of thioether (sulfide) groups is 1. The molecule has 1 unspecified atom stereocenters. The van der Waals surface area contributed by atoms with Crippen LogP contribution in [0.4, 0.5) is 43.9 Å². The zero-order valence-corrected chi connectivity index (χ0v) is 12.9. The van der Waals surface area contributed by atoms with Crippen molar-refractivity contribution >= 4 is 17.7 Å². The molecular weight excluding hydrogens is 402 g/mol. The van der Waals surface area contributed by atoms with Gasteiger partial charge in [-0.2, -0.15) is 39.5 Å². The molecule has 0 rings (SSSR count). The van der Waals surface area contributed by atoms with Gasteiger partial charge in [0, 0.05) is 11.3 Å². The maximum atomic E-state index is 13.2. The number of ether oxygens (including phenoxy) is 2. The molecule has 0 N–H and O–H groups in total. The predicted molar refractivity (Wildman–Crippen MR) is 65.1 cm³/mol. The largest absolute Gasteiger partial charge is 0.462 e. The van der Waals surface area contributed by atoms with Crippen molar-refractivity contribution in [3.63, 3.8) is 0 Å². The van der Waals surface area contributed by atoms with E-state index in [1.807, 2.05) is 0 Å². The van der Waals surface area contributed by atoms with Gasteiger partial charge in [-0.25, -0.2) is 9.18 Å². The lowest BCUT2D eigenvalue weighted by Crippen LogP contribution is -2.55. The van der Waals surface area contributed by atoms with E-state index in [-0.39, 0.29) is 5.57 Å². The topological polar surface area (TPSA) is 35.5 Å². The first-order chi connectivity index (χ1) is 11.0. The fraction of sp³-hybridized carbons (Fsp3) is 0.727. The van der Waals surface area contributed by atoms with E-state index in [2.05, 4.69) is 16.1 Å². The third-order valence-electron chi connectivity index (χ3n) is 2.20. The molecule has 0 spiro atoms. The molecule has 14 heteroatoms. The first-order valence-electron chi connectivity index (χ1n) is 5.94. The van der Waals surface area contributed by atoms with Gasteiger partial charge in [0.25, 0.3) is 6.36 Å². The Balaban J connectivity index is 4.78.